The molecular weight excluding hydrogens is 456 g/mol. The molecule has 0 bridgehead atoms. The van der Waals surface area contributed by atoms with Gasteiger partial charge in [0.2, 0.25) is 0 Å². The summed E-state index contributed by atoms with van der Waals surface area (Å²) in [7, 11) is 0. The zero-order valence-electron chi connectivity index (χ0n) is 24.2. The molecule has 5 aromatic carbocycles. The van der Waals surface area contributed by atoms with Crippen LogP contribution in [-0.2, 0) is 0 Å². The smallest absolute Gasteiger partial charge is 0.0181 e. The van der Waals surface area contributed by atoms with E-state index in [1.807, 2.05) is 0 Å². The first kappa shape index (κ1) is 27.1. The first-order valence-corrected chi connectivity index (χ1v) is 13.5. The van der Waals surface area contributed by atoms with Crippen LogP contribution in [0.15, 0.2) is 97.1 Å². The molecule has 0 aliphatic carbocycles. The number of benzene rings is 5. The van der Waals surface area contributed by atoms with Gasteiger partial charge >= 0.3 is 0 Å². The van der Waals surface area contributed by atoms with Crippen LogP contribution in [0.2, 0.25) is 0 Å². The molecule has 5 aromatic rings. The highest BCUT2D eigenvalue weighted by Crippen LogP contribution is 2.27. The standard InChI is InChI=1S/C22H22.C16H18/c1-15-5-7-21(13-17(15)3)19-9-11-20(12-10-19)22-8-6-16(2)18(4)14-22;1-11-5-7-15(9-13(11)3)16-8-6-12(2)14(4)10-16/h5-14H,1-4H3;5-10H,1-4H3. The van der Waals surface area contributed by atoms with Crippen LogP contribution in [0.5, 0.6) is 0 Å². The molecule has 38 heavy (non-hydrogen) atoms. The van der Waals surface area contributed by atoms with Crippen molar-refractivity contribution in [1.29, 1.82) is 0 Å². The van der Waals surface area contributed by atoms with Crippen LogP contribution in [0, 0.1) is 55.4 Å². The Morgan fingerprint density at radius 3 is 0.605 bits per heavy atom. The van der Waals surface area contributed by atoms with Crippen molar-refractivity contribution in [3.63, 3.8) is 0 Å². The third-order valence-electron chi connectivity index (χ3n) is 7.91. The second-order valence-corrected chi connectivity index (χ2v) is 10.8. The molecule has 0 aliphatic rings. The molecule has 0 spiro atoms. The van der Waals surface area contributed by atoms with E-state index in [2.05, 4.69) is 152 Å². The molecule has 0 unspecified atom stereocenters. The molecule has 0 nitrogen and oxygen atoms in total. The highest BCUT2D eigenvalue weighted by molar-refractivity contribution is 5.71. The maximum absolute atomic E-state index is 2.26. The molecule has 0 radical (unpaired) electrons. The Balaban J connectivity index is 0.000000186. The molecule has 0 atom stereocenters. The third-order valence-corrected chi connectivity index (χ3v) is 7.91. The minimum Gasteiger partial charge on any atom is -0.0584 e. The second-order valence-electron chi connectivity index (χ2n) is 10.8. The van der Waals surface area contributed by atoms with Gasteiger partial charge in [-0.2, -0.15) is 0 Å². The predicted molar refractivity (Wildman–Crippen MR) is 167 cm³/mol. The van der Waals surface area contributed by atoms with Gasteiger partial charge in [0.15, 0.2) is 0 Å². The van der Waals surface area contributed by atoms with Crippen molar-refractivity contribution in [3.8, 4) is 33.4 Å². The summed E-state index contributed by atoms with van der Waals surface area (Å²) in [4.78, 5) is 0. The van der Waals surface area contributed by atoms with Crippen LogP contribution in [0.1, 0.15) is 44.5 Å². The van der Waals surface area contributed by atoms with Crippen LogP contribution < -0.4 is 0 Å². The van der Waals surface area contributed by atoms with Gasteiger partial charge in [-0.05, 0) is 133 Å². The lowest BCUT2D eigenvalue weighted by molar-refractivity contribution is 1.32. The average Bonchev–Trinajstić information content (AvgIpc) is 2.91. The largest absolute Gasteiger partial charge is 0.0584 e. The van der Waals surface area contributed by atoms with Crippen molar-refractivity contribution in [3.05, 3.63) is 142 Å². The Labute approximate surface area is 230 Å². The summed E-state index contributed by atoms with van der Waals surface area (Å²) in [6.45, 7) is 17.3. The molecule has 0 fully saturated rings. The van der Waals surface area contributed by atoms with E-state index in [0.717, 1.165) is 0 Å². The lowest BCUT2D eigenvalue weighted by Crippen LogP contribution is -1.86. The lowest BCUT2D eigenvalue weighted by atomic mass is 9.96. The Morgan fingerprint density at radius 1 is 0.211 bits per heavy atom. The summed E-state index contributed by atoms with van der Waals surface area (Å²) in [6, 6.07) is 35.5. The Hall–Kier alpha value is -3.90. The first-order chi connectivity index (χ1) is 18.1. The van der Waals surface area contributed by atoms with Crippen molar-refractivity contribution in [2.45, 2.75) is 55.4 Å². The number of rotatable bonds is 3. The van der Waals surface area contributed by atoms with Crippen LogP contribution in [0.4, 0.5) is 0 Å². The molecule has 0 saturated carbocycles. The van der Waals surface area contributed by atoms with E-state index in [9.17, 15) is 0 Å². The van der Waals surface area contributed by atoms with E-state index in [4.69, 9.17) is 0 Å². The molecule has 0 heteroatoms. The zero-order valence-corrected chi connectivity index (χ0v) is 24.2. The van der Waals surface area contributed by atoms with Crippen LogP contribution >= 0.6 is 0 Å². The van der Waals surface area contributed by atoms with Gasteiger partial charge in [-0.15, -0.1) is 0 Å². The van der Waals surface area contributed by atoms with Crippen molar-refractivity contribution in [2.24, 2.45) is 0 Å². The van der Waals surface area contributed by atoms with Gasteiger partial charge in [0.05, 0.1) is 0 Å². The van der Waals surface area contributed by atoms with Gasteiger partial charge in [0.1, 0.15) is 0 Å². The zero-order chi connectivity index (χ0) is 27.4. The van der Waals surface area contributed by atoms with Crippen molar-refractivity contribution >= 4 is 0 Å². The first-order valence-electron chi connectivity index (χ1n) is 13.5. The van der Waals surface area contributed by atoms with Gasteiger partial charge in [0.25, 0.3) is 0 Å². The molecule has 0 amide bonds. The van der Waals surface area contributed by atoms with Crippen molar-refractivity contribution in [2.75, 3.05) is 0 Å². The Morgan fingerprint density at radius 2 is 0.395 bits per heavy atom. The number of hydrogen-bond donors (Lipinski definition) is 0. The van der Waals surface area contributed by atoms with Crippen LogP contribution in [-0.4, -0.2) is 0 Å². The number of aryl methyl sites for hydroxylation is 8. The molecular formula is C38H40. The summed E-state index contributed by atoms with van der Waals surface area (Å²) >= 11 is 0. The predicted octanol–water partition coefficient (Wildman–Crippen LogP) is 10.8. The van der Waals surface area contributed by atoms with Crippen LogP contribution in [0.25, 0.3) is 33.4 Å². The minimum absolute atomic E-state index is 1.27. The number of hydrogen-bond acceptors (Lipinski definition) is 0. The monoisotopic (exact) mass is 496 g/mol. The maximum atomic E-state index is 2.26. The summed E-state index contributed by atoms with van der Waals surface area (Å²) in [6.07, 6.45) is 0. The van der Waals surface area contributed by atoms with E-state index in [1.165, 1.54) is 77.9 Å². The van der Waals surface area contributed by atoms with Gasteiger partial charge in [-0.25, -0.2) is 0 Å². The fourth-order valence-electron chi connectivity index (χ4n) is 4.54. The fourth-order valence-corrected chi connectivity index (χ4v) is 4.54. The fraction of sp³-hybridized carbons (Fsp3) is 0.211. The molecule has 0 heterocycles. The van der Waals surface area contributed by atoms with Crippen LogP contribution in [0.3, 0.4) is 0 Å². The van der Waals surface area contributed by atoms with E-state index in [1.54, 1.807) is 0 Å². The Kier molecular flexibility index (Phi) is 8.32. The van der Waals surface area contributed by atoms with E-state index < -0.39 is 0 Å². The van der Waals surface area contributed by atoms with Crippen molar-refractivity contribution in [1.82, 2.24) is 0 Å². The molecule has 0 N–H and O–H groups in total. The highest BCUT2D eigenvalue weighted by atomic mass is 14.1. The maximum Gasteiger partial charge on any atom is -0.0181 e. The summed E-state index contributed by atoms with van der Waals surface area (Å²) in [5, 5.41) is 0. The quantitative estimate of drug-likeness (QED) is 0.233. The van der Waals surface area contributed by atoms with E-state index in [-0.39, 0.29) is 0 Å². The van der Waals surface area contributed by atoms with Gasteiger partial charge in [0, 0.05) is 0 Å². The molecule has 0 aromatic heterocycles. The molecule has 192 valence electrons. The van der Waals surface area contributed by atoms with Gasteiger partial charge in [-0.1, -0.05) is 97.1 Å². The average molecular weight is 497 g/mol. The third kappa shape index (κ3) is 6.32. The second kappa shape index (κ2) is 11.7. The summed E-state index contributed by atoms with van der Waals surface area (Å²) < 4.78 is 0. The minimum atomic E-state index is 1.27. The highest BCUT2D eigenvalue weighted by Gasteiger charge is 2.04. The van der Waals surface area contributed by atoms with Crippen molar-refractivity contribution < 1.29 is 0 Å². The SMILES string of the molecule is Cc1ccc(-c2ccc(-c3ccc(C)c(C)c3)cc2)cc1C.Cc1ccc(-c2ccc(C)c(C)c2)cc1C. The van der Waals surface area contributed by atoms with Gasteiger partial charge < -0.3 is 0 Å². The molecule has 5 rings (SSSR count). The van der Waals surface area contributed by atoms with E-state index >= 15 is 0 Å². The molecule has 0 aliphatic heterocycles. The lowest BCUT2D eigenvalue weighted by Gasteiger charge is -2.08. The van der Waals surface area contributed by atoms with Gasteiger partial charge in [-0.3, -0.25) is 0 Å². The Bertz CT molecular complexity index is 1450. The normalized spacial score (nSPS) is 10.6. The van der Waals surface area contributed by atoms with E-state index in [0.29, 0.717) is 0 Å². The topological polar surface area (TPSA) is 0 Å². The summed E-state index contributed by atoms with van der Waals surface area (Å²) in [5.41, 5.74) is 18.5. The summed E-state index contributed by atoms with van der Waals surface area (Å²) in [5.74, 6) is 0. The molecule has 0 saturated heterocycles.